The molecule has 35 heavy (non-hydrogen) atoms. The van der Waals surface area contributed by atoms with E-state index in [-0.39, 0.29) is 17.9 Å². The van der Waals surface area contributed by atoms with Gasteiger partial charge in [-0.3, -0.25) is 0 Å². The molecule has 2 rings (SSSR count). The van der Waals surface area contributed by atoms with E-state index in [1.165, 1.54) is 41.3 Å². The van der Waals surface area contributed by atoms with Crippen LogP contribution in [0.3, 0.4) is 0 Å². The molecule has 0 saturated heterocycles. The van der Waals surface area contributed by atoms with Crippen molar-refractivity contribution in [1.29, 1.82) is 0 Å². The molecule has 190 valence electrons. The molecular formula is C26H31F2NO6. The number of carbonyl (C=O) groups is 2. The number of ether oxygens (including phenoxy) is 2. The largest absolute Gasteiger partial charge is 0.478 e. The number of carbonyl (C=O) groups excluding carboxylic acids is 1. The van der Waals surface area contributed by atoms with Gasteiger partial charge in [-0.05, 0) is 69.0 Å². The van der Waals surface area contributed by atoms with E-state index in [2.05, 4.69) is 11.3 Å². The van der Waals surface area contributed by atoms with Gasteiger partial charge in [-0.15, -0.1) is 6.58 Å². The lowest BCUT2D eigenvalue weighted by Crippen LogP contribution is -2.46. The van der Waals surface area contributed by atoms with Crippen LogP contribution in [0.4, 0.5) is 13.6 Å². The van der Waals surface area contributed by atoms with Crippen molar-refractivity contribution in [3.63, 3.8) is 0 Å². The van der Waals surface area contributed by atoms with E-state index in [0.29, 0.717) is 18.4 Å². The number of halogens is 2. The van der Waals surface area contributed by atoms with Gasteiger partial charge in [-0.1, -0.05) is 30.3 Å². The molecule has 7 nitrogen and oxygen atoms in total. The average Bonchev–Trinajstić information content (AvgIpc) is 2.76. The summed E-state index contributed by atoms with van der Waals surface area (Å²) in [6.07, 6.45) is 0.622. The van der Waals surface area contributed by atoms with Gasteiger partial charge in [-0.25, -0.2) is 9.59 Å². The van der Waals surface area contributed by atoms with Crippen molar-refractivity contribution in [3.05, 3.63) is 77.9 Å². The molecule has 0 aliphatic carbocycles. The molecule has 2 aromatic rings. The zero-order valence-corrected chi connectivity index (χ0v) is 20.0. The number of nitrogens with zero attached hydrogens (tertiary/aromatic N) is 1. The van der Waals surface area contributed by atoms with Crippen LogP contribution in [-0.4, -0.2) is 52.0 Å². The van der Waals surface area contributed by atoms with Gasteiger partial charge in [0.1, 0.15) is 11.4 Å². The fourth-order valence-corrected chi connectivity index (χ4v) is 3.43. The maximum Gasteiger partial charge on any atom is 0.410 e. The summed E-state index contributed by atoms with van der Waals surface area (Å²) in [6, 6.07) is 11.4. The SMILES string of the molecule is C=CCC(Cc1ccc(C(=O)O)cc1)N(CC(O)c1ccc(OC(F)F)cc1)C(=O)OC(C)(C)C. The first-order chi connectivity index (χ1) is 16.4. The maximum atomic E-state index is 13.1. The van der Waals surface area contributed by atoms with Crippen LogP contribution < -0.4 is 4.74 Å². The first-order valence-electron chi connectivity index (χ1n) is 11.0. The monoisotopic (exact) mass is 491 g/mol. The Morgan fingerprint density at radius 3 is 2.17 bits per heavy atom. The van der Waals surface area contributed by atoms with Gasteiger partial charge in [0.05, 0.1) is 18.2 Å². The molecule has 0 fully saturated rings. The van der Waals surface area contributed by atoms with Gasteiger partial charge >= 0.3 is 18.7 Å². The van der Waals surface area contributed by atoms with Crippen LogP contribution in [0.2, 0.25) is 0 Å². The third-order valence-corrected chi connectivity index (χ3v) is 5.04. The quantitative estimate of drug-likeness (QED) is 0.406. The number of carboxylic acids is 1. The van der Waals surface area contributed by atoms with Crippen molar-refractivity contribution >= 4 is 12.1 Å². The van der Waals surface area contributed by atoms with E-state index in [4.69, 9.17) is 9.84 Å². The Morgan fingerprint density at radius 1 is 1.09 bits per heavy atom. The summed E-state index contributed by atoms with van der Waals surface area (Å²) in [7, 11) is 0. The highest BCUT2D eigenvalue weighted by Crippen LogP contribution is 2.24. The maximum absolute atomic E-state index is 13.1. The minimum Gasteiger partial charge on any atom is -0.478 e. The number of aliphatic hydroxyl groups is 1. The van der Waals surface area contributed by atoms with Crippen molar-refractivity contribution < 1.29 is 38.1 Å². The minimum atomic E-state index is -2.96. The predicted octanol–water partition coefficient (Wildman–Crippen LogP) is 5.44. The fraction of sp³-hybridized carbons (Fsp3) is 0.385. The summed E-state index contributed by atoms with van der Waals surface area (Å²) >= 11 is 0. The minimum absolute atomic E-state index is 0.0470. The molecule has 1 amide bonds. The Bertz CT molecular complexity index is 986. The molecule has 9 heteroatoms. The summed E-state index contributed by atoms with van der Waals surface area (Å²) < 4.78 is 34.7. The average molecular weight is 492 g/mol. The molecule has 0 aromatic heterocycles. The normalized spacial score (nSPS) is 13.1. The van der Waals surface area contributed by atoms with Crippen LogP contribution >= 0.6 is 0 Å². The first-order valence-corrected chi connectivity index (χ1v) is 11.0. The summed E-state index contributed by atoms with van der Waals surface area (Å²) in [4.78, 5) is 25.7. The highest BCUT2D eigenvalue weighted by atomic mass is 19.3. The molecule has 0 aliphatic rings. The molecule has 2 N–H and O–H groups in total. The van der Waals surface area contributed by atoms with E-state index < -0.39 is 36.4 Å². The molecule has 0 radical (unpaired) electrons. The molecule has 0 bridgehead atoms. The lowest BCUT2D eigenvalue weighted by molar-refractivity contribution is -0.0499. The molecular weight excluding hydrogens is 460 g/mol. The molecule has 0 saturated carbocycles. The lowest BCUT2D eigenvalue weighted by Gasteiger charge is -2.34. The van der Waals surface area contributed by atoms with Gasteiger partial charge in [-0.2, -0.15) is 8.78 Å². The van der Waals surface area contributed by atoms with Gasteiger partial charge in [0.15, 0.2) is 0 Å². The molecule has 2 unspecified atom stereocenters. The van der Waals surface area contributed by atoms with Crippen LogP contribution in [0.5, 0.6) is 5.75 Å². The number of amides is 1. The smallest absolute Gasteiger partial charge is 0.410 e. The van der Waals surface area contributed by atoms with Crippen molar-refractivity contribution in [2.75, 3.05) is 6.54 Å². The van der Waals surface area contributed by atoms with E-state index >= 15 is 0 Å². The van der Waals surface area contributed by atoms with Crippen LogP contribution in [0.25, 0.3) is 0 Å². The molecule has 2 aromatic carbocycles. The number of benzene rings is 2. The van der Waals surface area contributed by atoms with Crippen LogP contribution in [0.1, 0.15) is 54.8 Å². The number of carboxylic acid groups (broad SMARTS) is 1. The summed E-state index contributed by atoms with van der Waals surface area (Å²) in [5, 5.41) is 20.0. The van der Waals surface area contributed by atoms with Crippen LogP contribution in [0, 0.1) is 0 Å². The number of aliphatic hydroxyl groups excluding tert-OH is 1. The van der Waals surface area contributed by atoms with E-state index in [1.807, 2.05) is 0 Å². The topological polar surface area (TPSA) is 96.3 Å². The standard InChI is InChI=1S/C26H31F2NO6/c1-5-6-20(15-17-7-9-19(10-8-17)23(31)32)29(25(33)35-26(2,3)4)16-22(30)18-11-13-21(14-12-18)34-24(27)28/h5,7-14,20,22,24,30H,1,6,15-16H2,2-4H3,(H,31,32). The van der Waals surface area contributed by atoms with Crippen molar-refractivity contribution in [1.82, 2.24) is 4.90 Å². The Kier molecular flexibility index (Phi) is 9.77. The number of hydrogen-bond donors (Lipinski definition) is 2. The van der Waals surface area contributed by atoms with E-state index in [1.54, 1.807) is 39.0 Å². The van der Waals surface area contributed by atoms with E-state index in [0.717, 1.165) is 5.56 Å². The second-order valence-corrected chi connectivity index (χ2v) is 8.98. The highest BCUT2D eigenvalue weighted by Gasteiger charge is 2.30. The highest BCUT2D eigenvalue weighted by molar-refractivity contribution is 5.87. The third-order valence-electron chi connectivity index (χ3n) is 5.04. The second-order valence-electron chi connectivity index (χ2n) is 8.98. The zero-order valence-electron chi connectivity index (χ0n) is 20.0. The van der Waals surface area contributed by atoms with Crippen LogP contribution in [-0.2, 0) is 11.2 Å². The van der Waals surface area contributed by atoms with Gasteiger partial charge in [0.25, 0.3) is 0 Å². The lowest BCUT2D eigenvalue weighted by atomic mass is 9.99. The number of alkyl halides is 2. The number of aromatic carboxylic acids is 1. The molecule has 0 spiro atoms. The van der Waals surface area contributed by atoms with E-state index in [9.17, 15) is 23.5 Å². The predicted molar refractivity (Wildman–Crippen MR) is 127 cm³/mol. The van der Waals surface area contributed by atoms with Crippen molar-refractivity contribution in [3.8, 4) is 5.75 Å². The fourth-order valence-electron chi connectivity index (χ4n) is 3.43. The summed E-state index contributed by atoms with van der Waals surface area (Å²) in [5.74, 6) is -1.09. The first kappa shape index (κ1) is 27.8. The zero-order chi connectivity index (χ0) is 26.2. The third kappa shape index (κ3) is 9.01. The summed E-state index contributed by atoms with van der Waals surface area (Å²) in [5.41, 5.74) is 0.561. The Hall–Kier alpha value is -3.46. The second kappa shape index (κ2) is 12.3. The number of hydrogen-bond acceptors (Lipinski definition) is 5. The Labute approximate surface area is 203 Å². The molecule has 0 aliphatic heterocycles. The van der Waals surface area contributed by atoms with Gasteiger partial charge in [0.2, 0.25) is 0 Å². The van der Waals surface area contributed by atoms with Gasteiger partial charge < -0.3 is 24.6 Å². The molecule has 2 atom stereocenters. The van der Waals surface area contributed by atoms with Crippen molar-refractivity contribution in [2.24, 2.45) is 0 Å². The molecule has 0 heterocycles. The number of rotatable bonds is 11. The summed E-state index contributed by atoms with van der Waals surface area (Å²) in [6.45, 7) is 5.87. The van der Waals surface area contributed by atoms with Gasteiger partial charge in [0, 0.05) is 6.04 Å². The Morgan fingerprint density at radius 2 is 1.69 bits per heavy atom. The van der Waals surface area contributed by atoms with Crippen LogP contribution in [0.15, 0.2) is 61.2 Å². The Balaban J connectivity index is 2.29. The van der Waals surface area contributed by atoms with Crippen molar-refractivity contribution in [2.45, 2.75) is 58.0 Å².